The zero-order valence-electron chi connectivity index (χ0n) is 13.1. The standard InChI is InChI=1S/C15H24FN5O/c1-19-7-8-21(11-12(19)4-9-22)15-17-10-13(16)14(18-15)20-5-2-3-6-20/h10,12,22H,2-9,11H2,1H3/t12-/m1/s1. The Balaban J connectivity index is 1.78. The van der Waals surface area contributed by atoms with Crippen LogP contribution in [0.5, 0.6) is 0 Å². The van der Waals surface area contributed by atoms with Crippen molar-refractivity contribution in [1.82, 2.24) is 14.9 Å². The van der Waals surface area contributed by atoms with Gasteiger partial charge in [-0.05, 0) is 26.3 Å². The van der Waals surface area contributed by atoms with Crippen LogP contribution < -0.4 is 9.80 Å². The van der Waals surface area contributed by atoms with E-state index in [0.717, 1.165) is 52.0 Å². The average Bonchev–Trinajstić information content (AvgIpc) is 3.04. The van der Waals surface area contributed by atoms with Gasteiger partial charge in [0, 0.05) is 45.4 Å². The van der Waals surface area contributed by atoms with E-state index in [4.69, 9.17) is 0 Å². The first-order valence-corrected chi connectivity index (χ1v) is 8.02. The molecule has 2 fully saturated rings. The van der Waals surface area contributed by atoms with Gasteiger partial charge in [-0.25, -0.2) is 9.37 Å². The van der Waals surface area contributed by atoms with E-state index in [9.17, 15) is 9.50 Å². The molecule has 2 saturated heterocycles. The third-order valence-corrected chi connectivity index (χ3v) is 4.64. The number of piperazine rings is 1. The summed E-state index contributed by atoms with van der Waals surface area (Å²) < 4.78 is 14.0. The zero-order valence-corrected chi connectivity index (χ0v) is 13.1. The number of aromatic nitrogens is 2. The minimum absolute atomic E-state index is 0.173. The SMILES string of the molecule is CN1CCN(c2ncc(F)c(N3CCCC3)n2)C[C@H]1CCO. The molecule has 0 amide bonds. The molecule has 0 radical (unpaired) electrons. The lowest BCUT2D eigenvalue weighted by Crippen LogP contribution is -2.52. The third kappa shape index (κ3) is 3.15. The van der Waals surface area contributed by atoms with Gasteiger partial charge in [-0.1, -0.05) is 0 Å². The molecule has 1 aromatic heterocycles. The first kappa shape index (κ1) is 15.4. The van der Waals surface area contributed by atoms with Crippen LogP contribution in [0, 0.1) is 5.82 Å². The number of likely N-dealkylation sites (N-methyl/N-ethyl adjacent to an activating group) is 1. The zero-order chi connectivity index (χ0) is 15.5. The molecule has 122 valence electrons. The van der Waals surface area contributed by atoms with E-state index in [1.807, 2.05) is 4.90 Å². The van der Waals surface area contributed by atoms with Crippen molar-refractivity contribution in [3.63, 3.8) is 0 Å². The van der Waals surface area contributed by atoms with Crippen LogP contribution in [0.25, 0.3) is 0 Å². The number of rotatable bonds is 4. The summed E-state index contributed by atoms with van der Waals surface area (Å²) in [5, 5.41) is 9.18. The lowest BCUT2D eigenvalue weighted by Gasteiger charge is -2.39. The summed E-state index contributed by atoms with van der Waals surface area (Å²) in [4.78, 5) is 15.0. The molecule has 6 nitrogen and oxygen atoms in total. The van der Waals surface area contributed by atoms with Gasteiger partial charge in [-0.15, -0.1) is 0 Å². The second-order valence-electron chi connectivity index (χ2n) is 6.13. The summed E-state index contributed by atoms with van der Waals surface area (Å²) >= 11 is 0. The molecular weight excluding hydrogens is 285 g/mol. The van der Waals surface area contributed by atoms with Gasteiger partial charge in [-0.2, -0.15) is 4.98 Å². The highest BCUT2D eigenvalue weighted by Crippen LogP contribution is 2.24. The first-order chi connectivity index (χ1) is 10.7. The molecule has 3 heterocycles. The van der Waals surface area contributed by atoms with Crippen LogP contribution in [0.4, 0.5) is 16.2 Å². The summed E-state index contributed by atoms with van der Waals surface area (Å²) in [5.74, 6) is 0.686. The molecule has 7 heteroatoms. The Bertz CT molecular complexity index is 509. The topological polar surface area (TPSA) is 55.7 Å². The number of hydrogen-bond donors (Lipinski definition) is 1. The van der Waals surface area contributed by atoms with Crippen LogP contribution in [0.3, 0.4) is 0 Å². The minimum Gasteiger partial charge on any atom is -0.396 e. The van der Waals surface area contributed by atoms with E-state index in [1.165, 1.54) is 6.20 Å². The van der Waals surface area contributed by atoms with Crippen molar-refractivity contribution in [2.45, 2.75) is 25.3 Å². The molecule has 1 N–H and O–H groups in total. The van der Waals surface area contributed by atoms with Crippen LogP contribution in [0.2, 0.25) is 0 Å². The van der Waals surface area contributed by atoms with E-state index in [-0.39, 0.29) is 18.5 Å². The average molecular weight is 309 g/mol. The second kappa shape index (κ2) is 6.75. The lowest BCUT2D eigenvalue weighted by atomic mass is 10.1. The molecule has 22 heavy (non-hydrogen) atoms. The fraction of sp³-hybridized carbons (Fsp3) is 0.733. The minimum atomic E-state index is -0.341. The predicted octanol–water partition coefficient (Wildman–Crippen LogP) is 0.719. The highest BCUT2D eigenvalue weighted by Gasteiger charge is 2.27. The van der Waals surface area contributed by atoms with Crippen LogP contribution in [0.15, 0.2) is 6.20 Å². The molecule has 0 aliphatic carbocycles. The van der Waals surface area contributed by atoms with Gasteiger partial charge < -0.3 is 14.9 Å². The first-order valence-electron chi connectivity index (χ1n) is 8.02. The molecule has 1 aromatic rings. The van der Waals surface area contributed by atoms with Gasteiger partial charge in [-0.3, -0.25) is 4.90 Å². The number of nitrogens with zero attached hydrogens (tertiary/aromatic N) is 5. The number of aliphatic hydroxyl groups is 1. The maximum absolute atomic E-state index is 14.0. The monoisotopic (exact) mass is 309 g/mol. The van der Waals surface area contributed by atoms with Gasteiger partial charge >= 0.3 is 0 Å². The maximum atomic E-state index is 14.0. The summed E-state index contributed by atoms with van der Waals surface area (Å²) in [6.45, 7) is 4.38. The molecule has 3 rings (SSSR count). The molecule has 2 aliphatic heterocycles. The lowest BCUT2D eigenvalue weighted by molar-refractivity contribution is 0.170. The predicted molar refractivity (Wildman–Crippen MR) is 83.8 cm³/mol. The number of aliphatic hydroxyl groups excluding tert-OH is 1. The molecule has 2 aliphatic rings. The Morgan fingerprint density at radius 2 is 2.00 bits per heavy atom. The Kier molecular flexibility index (Phi) is 4.73. The van der Waals surface area contributed by atoms with Crippen LogP contribution in [0.1, 0.15) is 19.3 Å². The summed E-state index contributed by atoms with van der Waals surface area (Å²) in [7, 11) is 2.07. The van der Waals surface area contributed by atoms with Crippen LogP contribution in [-0.4, -0.2) is 72.4 Å². The Hall–Kier alpha value is -1.47. The number of anilines is 2. The van der Waals surface area contributed by atoms with Crippen molar-refractivity contribution >= 4 is 11.8 Å². The smallest absolute Gasteiger partial charge is 0.227 e. The van der Waals surface area contributed by atoms with Crippen molar-refractivity contribution in [3.8, 4) is 0 Å². The van der Waals surface area contributed by atoms with Crippen LogP contribution >= 0.6 is 0 Å². The number of halogens is 1. The summed E-state index contributed by atoms with van der Waals surface area (Å²) in [6.07, 6.45) is 4.19. The number of hydrogen-bond acceptors (Lipinski definition) is 6. The molecule has 1 atom stereocenters. The van der Waals surface area contributed by atoms with Crippen molar-refractivity contribution < 1.29 is 9.50 Å². The van der Waals surface area contributed by atoms with E-state index in [1.54, 1.807) is 0 Å². The fourth-order valence-electron chi connectivity index (χ4n) is 3.24. The Morgan fingerprint density at radius 1 is 1.23 bits per heavy atom. The van der Waals surface area contributed by atoms with Crippen molar-refractivity contribution in [2.75, 3.05) is 56.2 Å². The quantitative estimate of drug-likeness (QED) is 0.884. The Morgan fingerprint density at radius 3 is 2.73 bits per heavy atom. The maximum Gasteiger partial charge on any atom is 0.227 e. The third-order valence-electron chi connectivity index (χ3n) is 4.64. The van der Waals surface area contributed by atoms with Gasteiger partial charge in [0.15, 0.2) is 11.6 Å². The second-order valence-corrected chi connectivity index (χ2v) is 6.13. The van der Waals surface area contributed by atoms with Crippen LogP contribution in [-0.2, 0) is 0 Å². The van der Waals surface area contributed by atoms with Crippen molar-refractivity contribution in [2.24, 2.45) is 0 Å². The fourth-order valence-corrected chi connectivity index (χ4v) is 3.24. The molecular formula is C15H24FN5O. The normalized spacial score (nSPS) is 23.3. The van der Waals surface area contributed by atoms with E-state index < -0.39 is 0 Å². The molecule has 0 unspecified atom stereocenters. The van der Waals surface area contributed by atoms with Gasteiger partial charge in [0.2, 0.25) is 5.95 Å². The van der Waals surface area contributed by atoms with Gasteiger partial charge in [0.1, 0.15) is 0 Å². The van der Waals surface area contributed by atoms with E-state index >= 15 is 0 Å². The van der Waals surface area contributed by atoms with E-state index in [2.05, 4.69) is 26.8 Å². The molecule has 0 saturated carbocycles. The van der Waals surface area contributed by atoms with Crippen molar-refractivity contribution in [1.29, 1.82) is 0 Å². The van der Waals surface area contributed by atoms with Gasteiger partial charge in [0.05, 0.1) is 6.20 Å². The molecule has 0 spiro atoms. The largest absolute Gasteiger partial charge is 0.396 e. The van der Waals surface area contributed by atoms with E-state index in [0.29, 0.717) is 11.8 Å². The van der Waals surface area contributed by atoms with Gasteiger partial charge in [0.25, 0.3) is 0 Å². The highest BCUT2D eigenvalue weighted by atomic mass is 19.1. The molecule has 0 bridgehead atoms. The summed E-state index contributed by atoms with van der Waals surface area (Å²) in [6, 6.07) is 0.280. The molecule has 0 aromatic carbocycles. The highest BCUT2D eigenvalue weighted by molar-refractivity contribution is 5.46. The summed E-state index contributed by atoms with van der Waals surface area (Å²) in [5.41, 5.74) is 0. The Labute approximate surface area is 130 Å². The van der Waals surface area contributed by atoms with Crippen molar-refractivity contribution in [3.05, 3.63) is 12.0 Å².